The molecule has 0 spiro atoms. The van der Waals surface area contributed by atoms with E-state index in [1.54, 1.807) is 6.92 Å². The van der Waals surface area contributed by atoms with E-state index in [1.165, 1.54) is 6.08 Å². The summed E-state index contributed by atoms with van der Waals surface area (Å²) in [6, 6.07) is 0. The molecule has 0 saturated heterocycles. The summed E-state index contributed by atoms with van der Waals surface area (Å²) in [6.45, 7) is 8.74. The van der Waals surface area contributed by atoms with Crippen molar-refractivity contribution in [2.75, 3.05) is 0 Å². The molecule has 0 atom stereocenters. The zero-order chi connectivity index (χ0) is 6.78. The number of halogens is 2. The summed E-state index contributed by atoms with van der Waals surface area (Å²) in [4.78, 5) is 0. The van der Waals surface area contributed by atoms with Gasteiger partial charge in [0.1, 0.15) is 0 Å². The first kappa shape index (κ1) is 8.06. The van der Waals surface area contributed by atoms with Crippen LogP contribution in [0.1, 0.15) is 6.92 Å². The van der Waals surface area contributed by atoms with Gasteiger partial charge in [-0.05, 0) is 12.5 Å². The van der Waals surface area contributed by atoms with Gasteiger partial charge >= 0.3 is 0 Å². The lowest BCUT2D eigenvalue weighted by atomic mass is 10.2. The molecule has 0 unspecified atom stereocenters. The SMILES string of the molecule is C=CC(Cl)(Cl)C(=C)C. The van der Waals surface area contributed by atoms with Crippen LogP contribution in [-0.4, -0.2) is 4.33 Å². The summed E-state index contributed by atoms with van der Waals surface area (Å²) in [6.07, 6.45) is 1.44. The van der Waals surface area contributed by atoms with Crippen LogP contribution < -0.4 is 0 Å². The van der Waals surface area contributed by atoms with Crippen LogP contribution in [0.5, 0.6) is 0 Å². The molecule has 46 valence electrons. The van der Waals surface area contributed by atoms with E-state index in [0.29, 0.717) is 5.57 Å². The van der Waals surface area contributed by atoms with Gasteiger partial charge in [0.2, 0.25) is 0 Å². The van der Waals surface area contributed by atoms with Gasteiger partial charge in [0.05, 0.1) is 0 Å². The van der Waals surface area contributed by atoms with E-state index in [2.05, 4.69) is 13.2 Å². The van der Waals surface area contributed by atoms with Crippen molar-refractivity contribution in [3.05, 3.63) is 24.8 Å². The summed E-state index contributed by atoms with van der Waals surface area (Å²) < 4.78 is -0.944. The van der Waals surface area contributed by atoms with Gasteiger partial charge < -0.3 is 0 Å². The molecule has 0 nitrogen and oxygen atoms in total. The molecular formula is C6H8Cl2. The van der Waals surface area contributed by atoms with Crippen LogP contribution in [0.25, 0.3) is 0 Å². The minimum atomic E-state index is -0.944. The van der Waals surface area contributed by atoms with Gasteiger partial charge in [-0.25, -0.2) is 0 Å². The maximum atomic E-state index is 5.60. The number of hydrogen-bond acceptors (Lipinski definition) is 0. The molecule has 8 heavy (non-hydrogen) atoms. The lowest BCUT2D eigenvalue weighted by Gasteiger charge is -2.12. The van der Waals surface area contributed by atoms with E-state index in [-0.39, 0.29) is 0 Å². The van der Waals surface area contributed by atoms with Gasteiger partial charge in [-0.2, -0.15) is 0 Å². The van der Waals surface area contributed by atoms with Crippen molar-refractivity contribution in [3.63, 3.8) is 0 Å². The highest BCUT2D eigenvalue weighted by Crippen LogP contribution is 2.29. The highest BCUT2D eigenvalue weighted by molar-refractivity contribution is 6.51. The molecule has 0 heterocycles. The lowest BCUT2D eigenvalue weighted by Crippen LogP contribution is -2.07. The van der Waals surface area contributed by atoms with Gasteiger partial charge in [-0.15, -0.1) is 0 Å². The number of allylic oxidation sites excluding steroid dienone is 2. The Morgan fingerprint density at radius 2 is 2.00 bits per heavy atom. The molecule has 2 heteroatoms. The predicted molar refractivity (Wildman–Crippen MR) is 39.4 cm³/mol. The van der Waals surface area contributed by atoms with Gasteiger partial charge in [-0.3, -0.25) is 0 Å². The molecule has 0 aromatic carbocycles. The van der Waals surface area contributed by atoms with Gasteiger partial charge in [0.25, 0.3) is 0 Å². The Bertz CT molecular complexity index is 114. The Morgan fingerprint density at radius 1 is 1.62 bits per heavy atom. The van der Waals surface area contributed by atoms with Crippen LogP contribution in [0.3, 0.4) is 0 Å². The van der Waals surface area contributed by atoms with Gasteiger partial charge in [0.15, 0.2) is 4.33 Å². The van der Waals surface area contributed by atoms with Crippen molar-refractivity contribution < 1.29 is 0 Å². The van der Waals surface area contributed by atoms with E-state index in [9.17, 15) is 0 Å². The topological polar surface area (TPSA) is 0 Å². The van der Waals surface area contributed by atoms with E-state index in [4.69, 9.17) is 23.2 Å². The molecule has 0 bridgehead atoms. The number of alkyl halides is 2. The Morgan fingerprint density at radius 3 is 2.00 bits per heavy atom. The Labute approximate surface area is 59.8 Å². The first-order valence-corrected chi connectivity index (χ1v) is 2.93. The highest BCUT2D eigenvalue weighted by atomic mass is 35.5. The Balaban J connectivity index is 4.12. The summed E-state index contributed by atoms with van der Waals surface area (Å²) in [7, 11) is 0. The maximum Gasteiger partial charge on any atom is 0.156 e. The Hall–Kier alpha value is 0.0600. The summed E-state index contributed by atoms with van der Waals surface area (Å²) in [5, 5.41) is 0. The third-order valence-electron chi connectivity index (χ3n) is 0.825. The molecule has 0 aromatic rings. The van der Waals surface area contributed by atoms with Crippen molar-refractivity contribution in [2.45, 2.75) is 11.3 Å². The van der Waals surface area contributed by atoms with Crippen molar-refractivity contribution in [1.29, 1.82) is 0 Å². The van der Waals surface area contributed by atoms with Gasteiger partial charge in [0, 0.05) is 0 Å². The second-order valence-corrected chi connectivity index (χ2v) is 2.99. The van der Waals surface area contributed by atoms with E-state index < -0.39 is 4.33 Å². The minimum Gasteiger partial charge on any atom is -0.0998 e. The molecule has 0 rings (SSSR count). The number of hydrogen-bond donors (Lipinski definition) is 0. The molecule has 0 aliphatic heterocycles. The fourth-order valence-electron chi connectivity index (χ4n) is 0.174. The maximum absolute atomic E-state index is 5.60. The zero-order valence-corrected chi connectivity index (χ0v) is 6.26. The average molecular weight is 151 g/mol. The normalized spacial score (nSPS) is 10.9. The molecule has 0 fully saturated rings. The summed E-state index contributed by atoms with van der Waals surface area (Å²) in [5.41, 5.74) is 0.691. The van der Waals surface area contributed by atoms with Crippen molar-refractivity contribution in [2.24, 2.45) is 0 Å². The Kier molecular flexibility index (Phi) is 2.58. The van der Waals surface area contributed by atoms with E-state index in [0.717, 1.165) is 0 Å². The van der Waals surface area contributed by atoms with Crippen LogP contribution in [0.2, 0.25) is 0 Å². The van der Waals surface area contributed by atoms with Crippen molar-refractivity contribution in [1.82, 2.24) is 0 Å². The van der Waals surface area contributed by atoms with Gasteiger partial charge in [-0.1, -0.05) is 42.4 Å². The van der Waals surface area contributed by atoms with E-state index in [1.807, 2.05) is 0 Å². The third kappa shape index (κ3) is 1.89. The second-order valence-electron chi connectivity index (χ2n) is 1.61. The van der Waals surface area contributed by atoms with Crippen molar-refractivity contribution >= 4 is 23.2 Å². The monoisotopic (exact) mass is 150 g/mol. The molecule has 0 aromatic heterocycles. The molecular weight excluding hydrogens is 143 g/mol. The first-order chi connectivity index (χ1) is 3.50. The molecule has 0 N–H and O–H groups in total. The third-order valence-corrected chi connectivity index (χ3v) is 1.78. The molecule has 0 aliphatic carbocycles. The highest BCUT2D eigenvalue weighted by Gasteiger charge is 2.18. The minimum absolute atomic E-state index is 0.691. The van der Waals surface area contributed by atoms with Crippen LogP contribution in [0.4, 0.5) is 0 Å². The standard InChI is InChI=1S/C6H8Cl2/c1-4-6(7,8)5(2)3/h4H,1-2H2,3H3. The summed E-state index contributed by atoms with van der Waals surface area (Å²) in [5.74, 6) is 0. The van der Waals surface area contributed by atoms with Crippen LogP contribution in [0.15, 0.2) is 24.8 Å². The number of rotatable bonds is 2. The predicted octanol–water partition coefficient (Wildman–Crippen LogP) is 2.92. The smallest absolute Gasteiger partial charge is 0.0998 e. The molecule has 0 radical (unpaired) electrons. The fourth-order valence-corrected chi connectivity index (χ4v) is 0.174. The quantitative estimate of drug-likeness (QED) is 0.420. The second kappa shape index (κ2) is 2.56. The van der Waals surface area contributed by atoms with Crippen molar-refractivity contribution in [3.8, 4) is 0 Å². The summed E-state index contributed by atoms with van der Waals surface area (Å²) >= 11 is 11.2. The van der Waals surface area contributed by atoms with Crippen LogP contribution in [0, 0.1) is 0 Å². The first-order valence-electron chi connectivity index (χ1n) is 2.18. The van der Waals surface area contributed by atoms with Crippen LogP contribution >= 0.6 is 23.2 Å². The average Bonchev–Trinajstić information content (AvgIpc) is 1.67. The van der Waals surface area contributed by atoms with E-state index >= 15 is 0 Å². The van der Waals surface area contributed by atoms with Crippen LogP contribution in [-0.2, 0) is 0 Å². The zero-order valence-electron chi connectivity index (χ0n) is 4.75. The fraction of sp³-hybridized carbons (Fsp3) is 0.333. The molecule has 0 aliphatic rings. The lowest BCUT2D eigenvalue weighted by molar-refractivity contribution is 1.14. The molecule has 0 saturated carbocycles. The largest absolute Gasteiger partial charge is 0.156 e. The molecule has 0 amide bonds.